The van der Waals surface area contributed by atoms with E-state index in [0.29, 0.717) is 12.8 Å². The Morgan fingerprint density at radius 2 is 2.00 bits per heavy atom. The molecule has 0 unspecified atom stereocenters. The summed E-state index contributed by atoms with van der Waals surface area (Å²) >= 11 is 0. The summed E-state index contributed by atoms with van der Waals surface area (Å²) in [5, 5.41) is 0. The Morgan fingerprint density at radius 3 is 2.62 bits per heavy atom. The monoisotopic (exact) mass is 375 g/mol. The Balaban J connectivity index is 1.73. The van der Waals surface area contributed by atoms with E-state index in [1.54, 1.807) is 25.4 Å². The van der Waals surface area contributed by atoms with E-state index >= 15 is 0 Å². The number of hydrogen-bond donors (Lipinski definition) is 0. The van der Waals surface area contributed by atoms with Crippen molar-refractivity contribution >= 4 is 19.9 Å². The predicted molar refractivity (Wildman–Crippen MR) is 87.8 cm³/mol. The van der Waals surface area contributed by atoms with Gasteiger partial charge < -0.3 is 4.74 Å². The molecule has 0 aliphatic carbocycles. The fraction of sp³-hybridized carbons (Fsp3) is 0.714. The lowest BCUT2D eigenvalue weighted by molar-refractivity contribution is 0.121. The van der Waals surface area contributed by atoms with Crippen LogP contribution in [0, 0.1) is 5.92 Å². The van der Waals surface area contributed by atoms with E-state index in [2.05, 4.69) is 9.97 Å². The highest BCUT2D eigenvalue weighted by Gasteiger charge is 2.63. The summed E-state index contributed by atoms with van der Waals surface area (Å²) < 4.78 is 55.1. The molecule has 2 aliphatic rings. The van der Waals surface area contributed by atoms with Crippen molar-refractivity contribution in [3.05, 3.63) is 18.5 Å². The van der Waals surface area contributed by atoms with E-state index in [1.807, 2.05) is 0 Å². The summed E-state index contributed by atoms with van der Waals surface area (Å²) in [5.41, 5.74) is 0. The molecule has 0 radical (unpaired) electrons. The molecule has 24 heavy (non-hydrogen) atoms. The Kier molecular flexibility index (Phi) is 4.56. The van der Waals surface area contributed by atoms with Crippen molar-refractivity contribution in [1.82, 2.24) is 14.3 Å². The highest BCUT2D eigenvalue weighted by atomic mass is 32.2. The minimum absolute atomic E-state index is 0.0291. The lowest BCUT2D eigenvalue weighted by atomic mass is 9.85. The van der Waals surface area contributed by atoms with E-state index in [0.717, 1.165) is 0 Å². The zero-order valence-electron chi connectivity index (χ0n) is 13.5. The smallest absolute Gasteiger partial charge is 0.316 e. The molecule has 2 fully saturated rings. The summed E-state index contributed by atoms with van der Waals surface area (Å²) in [5.74, 6) is -0.139. The molecular weight excluding hydrogens is 354 g/mol. The highest BCUT2D eigenvalue weighted by Crippen LogP contribution is 2.45. The molecule has 1 aromatic heterocycles. The average Bonchev–Trinajstić information content (AvgIpc) is 2.75. The molecule has 1 aromatic rings. The molecule has 1 spiro atoms. The van der Waals surface area contributed by atoms with E-state index in [4.69, 9.17) is 4.74 Å². The molecular formula is C14H21N3O5S2. The largest absolute Gasteiger partial charge is 0.463 e. The summed E-state index contributed by atoms with van der Waals surface area (Å²) in [4.78, 5) is 7.91. The van der Waals surface area contributed by atoms with Gasteiger partial charge in [-0.15, -0.1) is 0 Å². The highest BCUT2D eigenvalue weighted by molar-refractivity contribution is 7.93. The average molecular weight is 375 g/mol. The maximum absolute atomic E-state index is 12.5. The molecule has 0 amide bonds. The molecule has 2 aliphatic heterocycles. The molecule has 8 nitrogen and oxygen atoms in total. The Bertz CT molecular complexity index is 789. The van der Waals surface area contributed by atoms with E-state index < -0.39 is 24.6 Å². The predicted octanol–water partition coefficient (Wildman–Crippen LogP) is 0.0843. The Labute approximate surface area is 142 Å². The minimum atomic E-state index is -3.37. The molecule has 10 heteroatoms. The second-order valence-corrected chi connectivity index (χ2v) is 10.8. The molecule has 0 aromatic carbocycles. The van der Waals surface area contributed by atoms with Crippen LogP contribution in [-0.4, -0.2) is 67.1 Å². The molecule has 0 saturated carbocycles. The van der Waals surface area contributed by atoms with Crippen molar-refractivity contribution in [2.75, 3.05) is 31.2 Å². The third-order valence-electron chi connectivity index (χ3n) is 4.80. The van der Waals surface area contributed by atoms with Crippen LogP contribution < -0.4 is 4.74 Å². The van der Waals surface area contributed by atoms with Gasteiger partial charge in [-0.2, -0.15) is 4.31 Å². The van der Waals surface area contributed by atoms with Crippen LogP contribution in [0.3, 0.4) is 0 Å². The van der Waals surface area contributed by atoms with Crippen molar-refractivity contribution in [3.63, 3.8) is 0 Å². The fourth-order valence-corrected chi connectivity index (χ4v) is 7.57. The molecule has 1 atom stereocenters. The number of rotatable bonds is 6. The number of ether oxygens (including phenoxy) is 1. The van der Waals surface area contributed by atoms with Gasteiger partial charge in [-0.05, 0) is 18.9 Å². The first-order valence-electron chi connectivity index (χ1n) is 7.91. The normalized spacial score (nSPS) is 25.5. The fourth-order valence-electron chi connectivity index (χ4n) is 3.38. The van der Waals surface area contributed by atoms with Crippen molar-refractivity contribution in [2.24, 2.45) is 5.92 Å². The molecule has 0 bridgehead atoms. The van der Waals surface area contributed by atoms with Crippen LogP contribution in [0.5, 0.6) is 6.01 Å². The van der Waals surface area contributed by atoms with Gasteiger partial charge in [-0.25, -0.2) is 26.8 Å². The lowest BCUT2D eigenvalue weighted by Crippen LogP contribution is -2.69. The van der Waals surface area contributed by atoms with Crippen LogP contribution >= 0.6 is 0 Å². The Hall–Kier alpha value is -1.26. The Morgan fingerprint density at radius 1 is 1.33 bits per heavy atom. The van der Waals surface area contributed by atoms with Gasteiger partial charge >= 0.3 is 6.01 Å². The van der Waals surface area contributed by atoms with Gasteiger partial charge in [0.05, 0.1) is 18.1 Å². The second-order valence-electron chi connectivity index (χ2n) is 6.30. The van der Waals surface area contributed by atoms with Gasteiger partial charge in [-0.1, -0.05) is 6.92 Å². The lowest BCUT2D eigenvalue weighted by Gasteiger charge is -2.48. The third kappa shape index (κ3) is 2.91. The SMILES string of the molecule is CCCS(=O)(=O)N1CC2(C1)[C@H](COc1ncccn1)CCS2(=O)=O. The van der Waals surface area contributed by atoms with Gasteiger partial charge in [0.25, 0.3) is 0 Å². The number of nitrogens with zero attached hydrogens (tertiary/aromatic N) is 3. The summed E-state index contributed by atoms with van der Waals surface area (Å²) in [7, 11) is -6.71. The van der Waals surface area contributed by atoms with Gasteiger partial charge in [0.1, 0.15) is 4.75 Å². The van der Waals surface area contributed by atoms with Crippen LogP contribution in [-0.2, 0) is 19.9 Å². The minimum Gasteiger partial charge on any atom is -0.463 e. The van der Waals surface area contributed by atoms with Gasteiger partial charge in [0.15, 0.2) is 9.84 Å². The van der Waals surface area contributed by atoms with Crippen molar-refractivity contribution < 1.29 is 21.6 Å². The molecule has 3 heterocycles. The van der Waals surface area contributed by atoms with Crippen LogP contribution in [0.25, 0.3) is 0 Å². The molecule has 0 N–H and O–H groups in total. The van der Waals surface area contributed by atoms with Gasteiger partial charge in [-0.3, -0.25) is 0 Å². The van der Waals surface area contributed by atoms with Gasteiger partial charge in [0.2, 0.25) is 10.0 Å². The maximum atomic E-state index is 12.5. The van der Waals surface area contributed by atoms with Crippen molar-refractivity contribution in [2.45, 2.75) is 24.5 Å². The van der Waals surface area contributed by atoms with Gasteiger partial charge in [0, 0.05) is 31.4 Å². The van der Waals surface area contributed by atoms with Crippen LogP contribution in [0.1, 0.15) is 19.8 Å². The molecule has 3 rings (SSSR count). The van der Waals surface area contributed by atoms with Crippen molar-refractivity contribution in [1.29, 1.82) is 0 Å². The topological polar surface area (TPSA) is 107 Å². The molecule has 134 valence electrons. The summed E-state index contributed by atoms with van der Waals surface area (Å²) in [6, 6.07) is 1.86. The second kappa shape index (κ2) is 6.23. The first-order valence-corrected chi connectivity index (χ1v) is 11.2. The summed E-state index contributed by atoms with van der Waals surface area (Å²) in [6.07, 6.45) is 4.07. The first-order chi connectivity index (χ1) is 11.3. The number of hydrogen-bond acceptors (Lipinski definition) is 7. The van der Waals surface area contributed by atoms with Crippen LogP contribution in [0.15, 0.2) is 18.5 Å². The van der Waals surface area contributed by atoms with E-state index in [-0.39, 0.29) is 43.1 Å². The van der Waals surface area contributed by atoms with E-state index in [1.165, 1.54) is 4.31 Å². The third-order valence-corrected chi connectivity index (χ3v) is 9.37. The maximum Gasteiger partial charge on any atom is 0.316 e. The number of aromatic nitrogens is 2. The summed E-state index contributed by atoms with van der Waals surface area (Å²) in [6.45, 7) is 2.02. The first kappa shape index (κ1) is 17.6. The number of sulfone groups is 1. The van der Waals surface area contributed by atoms with E-state index in [9.17, 15) is 16.8 Å². The molecule has 2 saturated heterocycles. The standard InChI is InChI=1S/C14H21N3O5S2/c1-2-7-24(20,21)17-10-14(11-17)12(4-8-23(14,18)19)9-22-13-15-5-3-6-16-13/h3,5-6,12H,2,4,7-11H2,1H3/t12-/m0/s1. The van der Waals surface area contributed by atoms with Crippen LogP contribution in [0.4, 0.5) is 0 Å². The number of sulfonamides is 1. The zero-order chi connectivity index (χ0) is 17.4. The van der Waals surface area contributed by atoms with Crippen molar-refractivity contribution in [3.8, 4) is 6.01 Å². The van der Waals surface area contributed by atoms with Crippen LogP contribution in [0.2, 0.25) is 0 Å². The zero-order valence-corrected chi connectivity index (χ0v) is 15.1. The quantitative estimate of drug-likeness (QED) is 0.693.